The minimum atomic E-state index is -0.626. The van der Waals surface area contributed by atoms with Gasteiger partial charge in [0, 0.05) is 11.3 Å². The molecule has 1 aromatic carbocycles. The molecule has 27 heavy (non-hydrogen) atoms. The van der Waals surface area contributed by atoms with Gasteiger partial charge in [-0.1, -0.05) is 31.1 Å². The molecule has 3 heterocycles. The lowest BCUT2D eigenvalue weighted by Gasteiger charge is -2.04. The largest absolute Gasteiger partial charge is 0.454 e. The molecule has 0 unspecified atom stereocenters. The Balaban J connectivity index is 1.50. The molecule has 0 aliphatic carbocycles. The molecule has 0 saturated heterocycles. The highest BCUT2D eigenvalue weighted by Crippen LogP contribution is 2.24. The molecular weight excluding hydrogens is 352 g/mol. The highest BCUT2D eigenvalue weighted by molar-refractivity contribution is 6.01. The number of ether oxygens (including phenoxy) is 1. The van der Waals surface area contributed by atoms with Crippen LogP contribution < -0.4 is 5.56 Å². The maximum atomic E-state index is 12.6. The topological polar surface area (TPSA) is 113 Å². The van der Waals surface area contributed by atoms with E-state index in [4.69, 9.17) is 13.7 Å². The Kier molecular flexibility index (Phi) is 4.19. The second kappa shape index (κ2) is 6.67. The Bertz CT molecular complexity index is 1190. The maximum Gasteiger partial charge on any atom is 0.326 e. The third-order valence-electron chi connectivity index (χ3n) is 4.01. The molecule has 0 atom stereocenters. The fraction of sp³-hybridized carbons (Fsp3) is 0.278. The van der Waals surface area contributed by atoms with Gasteiger partial charge in [-0.15, -0.1) is 0 Å². The summed E-state index contributed by atoms with van der Waals surface area (Å²) in [5, 5.41) is 4.54. The highest BCUT2D eigenvalue weighted by Gasteiger charge is 2.16. The number of nitrogens with zero attached hydrogens (tertiary/aromatic N) is 4. The normalized spacial score (nSPS) is 11.5. The molecule has 0 spiro atoms. The molecule has 9 nitrogen and oxygen atoms in total. The lowest BCUT2D eigenvalue weighted by atomic mass is 10.2. The molecule has 0 bridgehead atoms. The summed E-state index contributed by atoms with van der Waals surface area (Å²) in [7, 11) is 0. The summed E-state index contributed by atoms with van der Waals surface area (Å²) in [5.74, 6) is 0.221. The summed E-state index contributed by atoms with van der Waals surface area (Å²) in [6, 6.07) is 7.22. The number of hydrogen-bond acceptors (Lipinski definition) is 8. The molecule has 0 saturated carbocycles. The third-order valence-corrected chi connectivity index (χ3v) is 4.01. The minimum Gasteiger partial charge on any atom is -0.454 e. The van der Waals surface area contributed by atoms with Crippen molar-refractivity contribution >= 4 is 28.0 Å². The molecule has 0 aliphatic heterocycles. The molecule has 0 radical (unpaired) electrons. The first-order valence-electron chi connectivity index (χ1n) is 8.37. The molecule has 0 N–H and O–H groups in total. The third kappa shape index (κ3) is 3.19. The number of furan rings is 1. The van der Waals surface area contributed by atoms with E-state index >= 15 is 0 Å². The molecule has 4 aromatic rings. The zero-order valence-corrected chi connectivity index (χ0v) is 14.7. The number of hydrogen-bond donors (Lipinski definition) is 0. The van der Waals surface area contributed by atoms with Crippen molar-refractivity contribution in [3.8, 4) is 0 Å². The van der Waals surface area contributed by atoms with Gasteiger partial charge < -0.3 is 13.7 Å². The van der Waals surface area contributed by atoms with Crippen LogP contribution in [0.2, 0.25) is 0 Å². The van der Waals surface area contributed by atoms with Crippen LogP contribution in [0.15, 0.2) is 44.3 Å². The van der Waals surface area contributed by atoms with Gasteiger partial charge in [0.25, 0.3) is 11.4 Å². The van der Waals surface area contributed by atoms with Crippen LogP contribution in [-0.2, 0) is 22.7 Å². The fourth-order valence-corrected chi connectivity index (χ4v) is 2.62. The zero-order valence-electron chi connectivity index (χ0n) is 14.7. The fourth-order valence-electron chi connectivity index (χ4n) is 2.62. The number of para-hydroxylation sites is 1. The molecule has 0 fully saturated rings. The van der Waals surface area contributed by atoms with Crippen LogP contribution in [0.3, 0.4) is 0 Å². The summed E-state index contributed by atoms with van der Waals surface area (Å²) >= 11 is 0. The number of fused-ring (bicyclic) bond motifs is 3. The lowest BCUT2D eigenvalue weighted by Crippen LogP contribution is -2.25. The number of esters is 1. The second-order valence-corrected chi connectivity index (χ2v) is 6.32. The Morgan fingerprint density at radius 2 is 2.11 bits per heavy atom. The molecule has 4 rings (SSSR count). The molecule has 9 heteroatoms. The first kappa shape index (κ1) is 17.0. The quantitative estimate of drug-likeness (QED) is 0.493. The van der Waals surface area contributed by atoms with E-state index in [9.17, 15) is 9.59 Å². The highest BCUT2D eigenvalue weighted by atomic mass is 16.6. The number of rotatable bonds is 5. The Morgan fingerprint density at radius 1 is 1.30 bits per heavy atom. The SMILES string of the molecule is CC(C)c1noc(COC(=O)Cn2cnc3c(oc4ccccc43)c2=O)n1. The number of benzene rings is 1. The van der Waals surface area contributed by atoms with Crippen LogP contribution in [0, 0.1) is 0 Å². The predicted octanol–water partition coefficient (Wildman–Crippen LogP) is 2.39. The van der Waals surface area contributed by atoms with E-state index in [1.165, 1.54) is 6.33 Å². The number of carbonyl (C=O) groups excluding carboxylic acids is 1. The van der Waals surface area contributed by atoms with Crippen molar-refractivity contribution < 1.29 is 18.5 Å². The lowest BCUT2D eigenvalue weighted by molar-refractivity contribution is -0.146. The summed E-state index contributed by atoms with van der Waals surface area (Å²) in [5.41, 5.74) is 0.681. The summed E-state index contributed by atoms with van der Waals surface area (Å²) in [6.07, 6.45) is 1.30. The van der Waals surface area contributed by atoms with E-state index in [0.29, 0.717) is 16.9 Å². The van der Waals surface area contributed by atoms with Crippen molar-refractivity contribution in [1.82, 2.24) is 19.7 Å². The van der Waals surface area contributed by atoms with Crippen molar-refractivity contribution in [2.45, 2.75) is 32.9 Å². The van der Waals surface area contributed by atoms with Crippen molar-refractivity contribution in [3.63, 3.8) is 0 Å². The van der Waals surface area contributed by atoms with Gasteiger partial charge in [-0.25, -0.2) is 4.98 Å². The summed E-state index contributed by atoms with van der Waals surface area (Å²) in [6.45, 7) is 3.39. The number of carbonyl (C=O) groups is 1. The van der Waals surface area contributed by atoms with Crippen LogP contribution in [-0.4, -0.2) is 25.7 Å². The Morgan fingerprint density at radius 3 is 2.89 bits per heavy atom. The minimum absolute atomic E-state index is 0.102. The van der Waals surface area contributed by atoms with Crippen LogP contribution >= 0.6 is 0 Å². The van der Waals surface area contributed by atoms with Gasteiger partial charge in [0.2, 0.25) is 5.58 Å². The van der Waals surface area contributed by atoms with E-state index in [2.05, 4.69) is 15.1 Å². The van der Waals surface area contributed by atoms with Gasteiger partial charge in [-0.3, -0.25) is 14.2 Å². The van der Waals surface area contributed by atoms with Gasteiger partial charge in [0.15, 0.2) is 12.4 Å². The first-order valence-corrected chi connectivity index (χ1v) is 8.37. The van der Waals surface area contributed by atoms with E-state index in [1.807, 2.05) is 32.0 Å². The van der Waals surface area contributed by atoms with Crippen LogP contribution in [0.4, 0.5) is 0 Å². The summed E-state index contributed by atoms with van der Waals surface area (Å²) in [4.78, 5) is 33.0. The van der Waals surface area contributed by atoms with Crippen molar-refractivity contribution in [2.24, 2.45) is 0 Å². The van der Waals surface area contributed by atoms with Crippen LogP contribution in [0.25, 0.3) is 22.1 Å². The smallest absolute Gasteiger partial charge is 0.326 e. The monoisotopic (exact) mass is 368 g/mol. The zero-order chi connectivity index (χ0) is 19.0. The maximum absolute atomic E-state index is 12.6. The van der Waals surface area contributed by atoms with Gasteiger partial charge in [0.05, 0.1) is 6.33 Å². The molecule has 138 valence electrons. The molecular formula is C18H16N4O5. The van der Waals surface area contributed by atoms with Crippen LogP contribution in [0.5, 0.6) is 0 Å². The second-order valence-electron chi connectivity index (χ2n) is 6.32. The van der Waals surface area contributed by atoms with Gasteiger partial charge in [-0.2, -0.15) is 4.98 Å². The van der Waals surface area contributed by atoms with Crippen molar-refractivity contribution in [3.05, 3.63) is 52.7 Å². The molecule has 0 aliphatic rings. The Hall–Kier alpha value is -3.49. The molecule has 3 aromatic heterocycles. The van der Waals surface area contributed by atoms with Gasteiger partial charge in [-0.05, 0) is 12.1 Å². The van der Waals surface area contributed by atoms with Gasteiger partial charge >= 0.3 is 5.97 Å². The average molecular weight is 368 g/mol. The van der Waals surface area contributed by atoms with Crippen LogP contribution in [0.1, 0.15) is 31.5 Å². The van der Waals surface area contributed by atoms with E-state index < -0.39 is 11.5 Å². The molecule has 0 amide bonds. The summed E-state index contributed by atoms with van der Waals surface area (Å²) < 4.78 is 16.8. The van der Waals surface area contributed by atoms with Crippen molar-refractivity contribution in [2.75, 3.05) is 0 Å². The first-order chi connectivity index (χ1) is 13.0. The van der Waals surface area contributed by atoms with E-state index in [-0.39, 0.29) is 30.5 Å². The van der Waals surface area contributed by atoms with Gasteiger partial charge in [0.1, 0.15) is 17.6 Å². The predicted molar refractivity (Wildman–Crippen MR) is 94.0 cm³/mol. The van der Waals surface area contributed by atoms with E-state index in [0.717, 1.165) is 9.95 Å². The van der Waals surface area contributed by atoms with E-state index in [1.54, 1.807) is 6.07 Å². The van der Waals surface area contributed by atoms with Crippen molar-refractivity contribution in [1.29, 1.82) is 0 Å². The number of aromatic nitrogens is 4. The Labute approximate surface area is 152 Å². The standard InChI is InChI=1S/C18H16N4O5/c1-10(2)17-20-13(27-21-17)8-25-14(23)7-22-9-19-15-11-5-3-4-6-12(11)26-16(15)18(22)24/h3-6,9-10H,7-8H2,1-2H3. The average Bonchev–Trinajstić information content (AvgIpc) is 3.27.